The van der Waals surface area contributed by atoms with Crippen LogP contribution < -0.4 is 4.74 Å². The minimum Gasteiger partial charge on any atom is -0.446 e. The molecule has 2 aromatic rings. The SMILES string of the molecule is Cc1nn(C)c(C)c1Oc1ccc(CCl)cc1[N+](=O)[O-]. The first kappa shape index (κ1) is 14.3. The van der Waals surface area contributed by atoms with Gasteiger partial charge in [-0.1, -0.05) is 6.07 Å². The highest BCUT2D eigenvalue weighted by molar-refractivity contribution is 6.17. The number of nitro benzene ring substituents is 1. The zero-order valence-corrected chi connectivity index (χ0v) is 12.1. The third kappa shape index (κ3) is 2.60. The topological polar surface area (TPSA) is 70.2 Å². The average molecular weight is 296 g/mol. The molecule has 0 bridgehead atoms. The Bertz CT molecular complexity index is 667. The van der Waals surface area contributed by atoms with Crippen LogP contribution in [0.15, 0.2) is 18.2 Å². The van der Waals surface area contributed by atoms with Crippen LogP contribution in [0.4, 0.5) is 5.69 Å². The molecule has 1 aromatic carbocycles. The van der Waals surface area contributed by atoms with Gasteiger partial charge in [-0.3, -0.25) is 14.8 Å². The molecule has 0 aliphatic carbocycles. The minimum absolute atomic E-state index is 0.106. The number of halogens is 1. The lowest BCUT2D eigenvalue weighted by Gasteiger charge is -2.07. The normalized spacial score (nSPS) is 10.6. The van der Waals surface area contributed by atoms with Gasteiger partial charge in [0.15, 0.2) is 5.75 Å². The van der Waals surface area contributed by atoms with Crippen LogP contribution in [0.2, 0.25) is 0 Å². The maximum atomic E-state index is 11.1. The van der Waals surface area contributed by atoms with E-state index in [1.54, 1.807) is 30.8 Å². The van der Waals surface area contributed by atoms with Gasteiger partial charge in [-0.2, -0.15) is 5.10 Å². The average Bonchev–Trinajstić information content (AvgIpc) is 2.65. The molecular weight excluding hydrogens is 282 g/mol. The highest BCUT2D eigenvalue weighted by atomic mass is 35.5. The first-order chi connectivity index (χ1) is 9.43. The van der Waals surface area contributed by atoms with Crippen molar-refractivity contribution in [1.82, 2.24) is 9.78 Å². The molecule has 0 fully saturated rings. The molecule has 2 rings (SSSR count). The summed E-state index contributed by atoms with van der Waals surface area (Å²) in [5.41, 5.74) is 2.05. The van der Waals surface area contributed by atoms with E-state index in [0.29, 0.717) is 17.0 Å². The molecule has 0 unspecified atom stereocenters. The Morgan fingerprint density at radius 3 is 2.65 bits per heavy atom. The van der Waals surface area contributed by atoms with Crippen molar-refractivity contribution in [2.75, 3.05) is 0 Å². The Balaban J connectivity index is 2.45. The molecule has 1 heterocycles. The summed E-state index contributed by atoms with van der Waals surface area (Å²) >= 11 is 5.69. The summed E-state index contributed by atoms with van der Waals surface area (Å²) < 4.78 is 7.35. The minimum atomic E-state index is -0.480. The van der Waals surface area contributed by atoms with Crippen molar-refractivity contribution in [3.8, 4) is 11.5 Å². The second-order valence-electron chi connectivity index (χ2n) is 4.42. The number of nitro groups is 1. The van der Waals surface area contributed by atoms with Crippen LogP contribution >= 0.6 is 11.6 Å². The third-order valence-corrected chi connectivity index (χ3v) is 3.34. The van der Waals surface area contributed by atoms with Crippen LogP contribution in [0.5, 0.6) is 11.5 Å². The number of aryl methyl sites for hydroxylation is 2. The lowest BCUT2D eigenvalue weighted by Crippen LogP contribution is -1.96. The number of alkyl halides is 1. The number of nitrogens with zero attached hydrogens (tertiary/aromatic N) is 3. The lowest BCUT2D eigenvalue weighted by atomic mass is 10.2. The fourth-order valence-corrected chi connectivity index (χ4v) is 2.05. The van der Waals surface area contributed by atoms with Crippen LogP contribution in [0, 0.1) is 24.0 Å². The molecule has 6 nitrogen and oxygen atoms in total. The molecular formula is C13H14ClN3O3. The number of hydrogen-bond acceptors (Lipinski definition) is 4. The van der Waals surface area contributed by atoms with Crippen molar-refractivity contribution < 1.29 is 9.66 Å². The van der Waals surface area contributed by atoms with E-state index in [4.69, 9.17) is 16.3 Å². The summed E-state index contributed by atoms with van der Waals surface area (Å²) in [6.45, 7) is 3.63. The van der Waals surface area contributed by atoms with Gasteiger partial charge in [0.2, 0.25) is 5.75 Å². The van der Waals surface area contributed by atoms with Gasteiger partial charge in [0.05, 0.1) is 10.6 Å². The molecule has 0 N–H and O–H groups in total. The van der Waals surface area contributed by atoms with E-state index >= 15 is 0 Å². The predicted molar refractivity (Wildman–Crippen MR) is 75.4 cm³/mol. The number of benzene rings is 1. The highest BCUT2D eigenvalue weighted by Gasteiger charge is 2.20. The van der Waals surface area contributed by atoms with Crippen molar-refractivity contribution in [3.05, 3.63) is 45.3 Å². The fourth-order valence-electron chi connectivity index (χ4n) is 1.89. The highest BCUT2D eigenvalue weighted by Crippen LogP contribution is 2.35. The lowest BCUT2D eigenvalue weighted by molar-refractivity contribution is -0.385. The Morgan fingerprint density at radius 2 is 2.15 bits per heavy atom. The van der Waals surface area contributed by atoms with E-state index in [-0.39, 0.29) is 17.3 Å². The molecule has 1 aromatic heterocycles. The molecule has 0 aliphatic rings. The molecule has 0 saturated heterocycles. The Kier molecular flexibility index (Phi) is 3.94. The van der Waals surface area contributed by atoms with Crippen molar-refractivity contribution in [1.29, 1.82) is 0 Å². The van der Waals surface area contributed by atoms with Gasteiger partial charge < -0.3 is 4.74 Å². The molecule has 0 spiro atoms. The van der Waals surface area contributed by atoms with Crippen molar-refractivity contribution in [3.63, 3.8) is 0 Å². The Hall–Kier alpha value is -2.08. The fraction of sp³-hybridized carbons (Fsp3) is 0.308. The zero-order chi connectivity index (χ0) is 14.9. The smallest absolute Gasteiger partial charge is 0.311 e. The van der Waals surface area contributed by atoms with Crippen molar-refractivity contribution in [2.45, 2.75) is 19.7 Å². The van der Waals surface area contributed by atoms with Crippen molar-refractivity contribution in [2.24, 2.45) is 7.05 Å². The summed E-state index contributed by atoms with van der Waals surface area (Å²) in [6, 6.07) is 4.68. The Labute approximate surface area is 121 Å². The van der Waals surface area contributed by atoms with E-state index in [1.807, 2.05) is 6.92 Å². The van der Waals surface area contributed by atoms with E-state index < -0.39 is 4.92 Å². The standard InChI is InChI=1S/C13H14ClN3O3/c1-8-13(9(2)16(3)15-8)20-12-5-4-10(7-14)6-11(12)17(18)19/h4-6H,7H2,1-3H3. The number of rotatable bonds is 4. The summed E-state index contributed by atoms with van der Waals surface area (Å²) in [7, 11) is 1.79. The van der Waals surface area contributed by atoms with Gasteiger partial charge in [0, 0.05) is 19.0 Å². The van der Waals surface area contributed by atoms with Gasteiger partial charge >= 0.3 is 5.69 Å². The van der Waals surface area contributed by atoms with E-state index in [1.165, 1.54) is 6.07 Å². The summed E-state index contributed by atoms with van der Waals surface area (Å²) in [5.74, 6) is 0.934. The van der Waals surface area contributed by atoms with Gasteiger partial charge in [-0.05, 0) is 25.5 Å². The first-order valence-corrected chi connectivity index (χ1v) is 6.48. The van der Waals surface area contributed by atoms with E-state index in [9.17, 15) is 10.1 Å². The predicted octanol–water partition coefficient (Wildman–Crippen LogP) is 3.48. The van der Waals surface area contributed by atoms with Crippen LogP contribution in [-0.2, 0) is 12.9 Å². The quantitative estimate of drug-likeness (QED) is 0.492. The molecule has 0 atom stereocenters. The van der Waals surface area contributed by atoms with E-state index in [2.05, 4.69) is 5.10 Å². The molecule has 0 aliphatic heterocycles. The van der Waals surface area contributed by atoms with Crippen molar-refractivity contribution >= 4 is 17.3 Å². The zero-order valence-electron chi connectivity index (χ0n) is 11.4. The summed E-state index contributed by atoms with van der Waals surface area (Å²) in [5, 5.41) is 15.3. The summed E-state index contributed by atoms with van der Waals surface area (Å²) in [4.78, 5) is 10.6. The molecule has 7 heteroatoms. The maximum Gasteiger partial charge on any atom is 0.311 e. The third-order valence-electron chi connectivity index (χ3n) is 3.03. The molecule has 0 radical (unpaired) electrons. The molecule has 20 heavy (non-hydrogen) atoms. The second-order valence-corrected chi connectivity index (χ2v) is 4.69. The van der Waals surface area contributed by atoms with Crippen LogP contribution in [-0.4, -0.2) is 14.7 Å². The number of aromatic nitrogens is 2. The molecule has 0 amide bonds. The van der Waals surface area contributed by atoms with Crippen LogP contribution in [0.25, 0.3) is 0 Å². The first-order valence-electron chi connectivity index (χ1n) is 5.95. The summed E-state index contributed by atoms with van der Waals surface area (Å²) in [6.07, 6.45) is 0. The van der Waals surface area contributed by atoms with Gasteiger partial charge in [-0.15, -0.1) is 11.6 Å². The maximum absolute atomic E-state index is 11.1. The number of hydrogen-bond donors (Lipinski definition) is 0. The Morgan fingerprint density at radius 1 is 1.45 bits per heavy atom. The van der Waals surface area contributed by atoms with Crippen LogP contribution in [0.1, 0.15) is 17.0 Å². The van der Waals surface area contributed by atoms with E-state index in [0.717, 1.165) is 5.69 Å². The second kappa shape index (κ2) is 5.50. The van der Waals surface area contributed by atoms with Gasteiger partial charge in [-0.25, -0.2) is 0 Å². The molecule has 0 saturated carbocycles. The largest absolute Gasteiger partial charge is 0.446 e. The van der Waals surface area contributed by atoms with Gasteiger partial charge in [0.25, 0.3) is 0 Å². The molecule has 106 valence electrons. The van der Waals surface area contributed by atoms with Crippen LogP contribution in [0.3, 0.4) is 0 Å². The number of ether oxygens (including phenoxy) is 1. The monoisotopic (exact) mass is 295 g/mol. The van der Waals surface area contributed by atoms with Gasteiger partial charge in [0.1, 0.15) is 5.69 Å².